The molecule has 1 fully saturated rings. The smallest absolute Gasteiger partial charge is 0.222 e. The molecule has 1 heterocycles. The van der Waals surface area contributed by atoms with Gasteiger partial charge in [-0.1, -0.05) is 0 Å². The third-order valence-corrected chi connectivity index (χ3v) is 2.52. The number of nitrogens with two attached hydrogens (primary N) is 1. The minimum absolute atomic E-state index is 0.00977. The third kappa shape index (κ3) is 3.87. The first kappa shape index (κ1) is 12.0. The molecule has 86 valence electrons. The first-order valence-corrected chi connectivity index (χ1v) is 5.43. The van der Waals surface area contributed by atoms with Crippen molar-refractivity contribution in [3.63, 3.8) is 0 Å². The van der Waals surface area contributed by atoms with Crippen molar-refractivity contribution in [3.05, 3.63) is 0 Å². The van der Waals surface area contributed by atoms with E-state index in [4.69, 9.17) is 5.73 Å². The fourth-order valence-corrected chi connectivity index (χ4v) is 1.68. The van der Waals surface area contributed by atoms with E-state index in [0.29, 0.717) is 32.5 Å². The van der Waals surface area contributed by atoms with Crippen molar-refractivity contribution in [3.8, 4) is 0 Å². The minimum Gasteiger partial charge on any atom is -0.356 e. The number of amides is 2. The number of hydrogen-bond acceptors (Lipinski definition) is 3. The van der Waals surface area contributed by atoms with Gasteiger partial charge in [0.25, 0.3) is 0 Å². The average molecular weight is 213 g/mol. The first-order chi connectivity index (χ1) is 7.13. The normalized spacial score (nSPS) is 21.6. The van der Waals surface area contributed by atoms with E-state index in [9.17, 15) is 9.59 Å². The van der Waals surface area contributed by atoms with Crippen molar-refractivity contribution in [2.24, 2.45) is 5.73 Å². The molecule has 0 saturated carbocycles. The zero-order valence-electron chi connectivity index (χ0n) is 9.16. The predicted octanol–water partition coefficient (Wildman–Crippen LogP) is -0.538. The fourth-order valence-electron chi connectivity index (χ4n) is 1.68. The van der Waals surface area contributed by atoms with Crippen molar-refractivity contribution in [2.45, 2.75) is 32.2 Å². The second-order valence-electron chi connectivity index (χ2n) is 3.84. The number of hydrogen-bond donors (Lipinski definition) is 2. The van der Waals surface area contributed by atoms with Crippen LogP contribution in [-0.2, 0) is 9.59 Å². The maximum absolute atomic E-state index is 11.4. The summed E-state index contributed by atoms with van der Waals surface area (Å²) < 4.78 is 0. The van der Waals surface area contributed by atoms with Gasteiger partial charge in [-0.2, -0.15) is 0 Å². The number of piperidine rings is 1. The lowest BCUT2D eigenvalue weighted by molar-refractivity contribution is -0.134. The monoisotopic (exact) mass is 213 g/mol. The van der Waals surface area contributed by atoms with Crippen molar-refractivity contribution < 1.29 is 9.59 Å². The summed E-state index contributed by atoms with van der Waals surface area (Å²) in [6.45, 7) is 3.57. The van der Waals surface area contributed by atoms with Crippen LogP contribution >= 0.6 is 0 Å². The van der Waals surface area contributed by atoms with E-state index in [1.54, 1.807) is 4.90 Å². The van der Waals surface area contributed by atoms with Crippen LogP contribution in [0, 0.1) is 0 Å². The summed E-state index contributed by atoms with van der Waals surface area (Å²) in [5, 5.41) is 2.70. The molecule has 1 atom stereocenters. The standard InChI is InChI=1S/C10H19N3O2/c1-2-12-9(14)5-6-13-7-8(11)3-4-10(13)15/h8H,2-7,11H2,1H3,(H,12,14). The number of rotatable bonds is 4. The summed E-state index contributed by atoms with van der Waals surface area (Å²) in [6, 6.07) is 0.0666. The molecule has 0 aromatic rings. The minimum atomic E-state index is -0.00977. The molecule has 15 heavy (non-hydrogen) atoms. The molecule has 5 nitrogen and oxygen atoms in total. The Labute approximate surface area is 90.0 Å². The number of carbonyl (C=O) groups is 2. The van der Waals surface area contributed by atoms with E-state index in [2.05, 4.69) is 5.32 Å². The van der Waals surface area contributed by atoms with Crippen molar-refractivity contribution in [1.29, 1.82) is 0 Å². The van der Waals surface area contributed by atoms with Crippen LogP contribution in [0.4, 0.5) is 0 Å². The first-order valence-electron chi connectivity index (χ1n) is 5.43. The van der Waals surface area contributed by atoms with Crippen LogP contribution in [0.25, 0.3) is 0 Å². The van der Waals surface area contributed by atoms with Gasteiger partial charge < -0.3 is 16.0 Å². The molecule has 1 saturated heterocycles. The maximum atomic E-state index is 11.4. The second-order valence-corrected chi connectivity index (χ2v) is 3.84. The van der Waals surface area contributed by atoms with Gasteiger partial charge in [-0.25, -0.2) is 0 Å². The van der Waals surface area contributed by atoms with Crippen molar-refractivity contribution >= 4 is 11.8 Å². The molecule has 0 radical (unpaired) electrons. The number of nitrogens with zero attached hydrogens (tertiary/aromatic N) is 1. The Morgan fingerprint density at radius 2 is 2.40 bits per heavy atom. The predicted molar refractivity (Wildman–Crippen MR) is 57.1 cm³/mol. The van der Waals surface area contributed by atoms with Gasteiger partial charge >= 0.3 is 0 Å². The molecule has 1 unspecified atom stereocenters. The Hall–Kier alpha value is -1.10. The molecular formula is C10H19N3O2. The van der Waals surface area contributed by atoms with Crippen LogP contribution in [0.2, 0.25) is 0 Å². The van der Waals surface area contributed by atoms with Gasteiger partial charge in [0.1, 0.15) is 0 Å². The highest BCUT2D eigenvalue weighted by Crippen LogP contribution is 2.09. The molecule has 0 spiro atoms. The van der Waals surface area contributed by atoms with Gasteiger partial charge in [-0.15, -0.1) is 0 Å². The topological polar surface area (TPSA) is 75.4 Å². The quantitative estimate of drug-likeness (QED) is 0.658. The van der Waals surface area contributed by atoms with Gasteiger partial charge in [0.2, 0.25) is 11.8 Å². The van der Waals surface area contributed by atoms with Crippen LogP contribution in [0.1, 0.15) is 26.2 Å². The molecule has 3 N–H and O–H groups in total. The van der Waals surface area contributed by atoms with Gasteiger partial charge in [0.15, 0.2) is 0 Å². The molecule has 0 aromatic heterocycles. The Balaban J connectivity index is 2.30. The van der Waals surface area contributed by atoms with Crippen LogP contribution in [0.15, 0.2) is 0 Å². The van der Waals surface area contributed by atoms with E-state index in [1.807, 2.05) is 6.92 Å². The molecule has 0 bridgehead atoms. The average Bonchev–Trinajstić information content (AvgIpc) is 2.20. The van der Waals surface area contributed by atoms with Gasteiger partial charge in [-0.3, -0.25) is 9.59 Å². The third-order valence-electron chi connectivity index (χ3n) is 2.52. The lowest BCUT2D eigenvalue weighted by Crippen LogP contribution is -2.47. The molecule has 1 rings (SSSR count). The summed E-state index contributed by atoms with van der Waals surface area (Å²) >= 11 is 0. The number of nitrogens with one attached hydrogen (secondary N) is 1. The summed E-state index contributed by atoms with van der Waals surface area (Å²) in [5.41, 5.74) is 5.76. The highest BCUT2D eigenvalue weighted by molar-refractivity contribution is 5.79. The summed E-state index contributed by atoms with van der Waals surface area (Å²) in [4.78, 5) is 24.3. The Bertz CT molecular complexity index is 243. The lowest BCUT2D eigenvalue weighted by atomic mass is 10.1. The van der Waals surface area contributed by atoms with E-state index in [1.165, 1.54) is 0 Å². The van der Waals surface area contributed by atoms with Crippen LogP contribution in [-0.4, -0.2) is 42.4 Å². The zero-order chi connectivity index (χ0) is 11.3. The van der Waals surface area contributed by atoms with E-state index in [-0.39, 0.29) is 17.9 Å². The summed E-state index contributed by atoms with van der Waals surface area (Å²) in [6.07, 6.45) is 1.64. The summed E-state index contributed by atoms with van der Waals surface area (Å²) in [5.74, 6) is 0.102. The number of likely N-dealkylation sites (tertiary alicyclic amines) is 1. The molecule has 0 aromatic carbocycles. The van der Waals surface area contributed by atoms with Gasteiger partial charge in [-0.05, 0) is 13.3 Å². The maximum Gasteiger partial charge on any atom is 0.222 e. The summed E-state index contributed by atoms with van der Waals surface area (Å²) in [7, 11) is 0. The molecule has 2 amide bonds. The Kier molecular flexibility index (Phi) is 4.55. The van der Waals surface area contributed by atoms with E-state index in [0.717, 1.165) is 6.42 Å². The van der Waals surface area contributed by atoms with E-state index < -0.39 is 0 Å². The molecular weight excluding hydrogens is 194 g/mol. The fraction of sp³-hybridized carbons (Fsp3) is 0.800. The highest BCUT2D eigenvalue weighted by Gasteiger charge is 2.23. The zero-order valence-corrected chi connectivity index (χ0v) is 9.16. The lowest BCUT2D eigenvalue weighted by Gasteiger charge is -2.30. The van der Waals surface area contributed by atoms with Crippen LogP contribution in [0.5, 0.6) is 0 Å². The van der Waals surface area contributed by atoms with Crippen molar-refractivity contribution in [1.82, 2.24) is 10.2 Å². The van der Waals surface area contributed by atoms with Crippen LogP contribution < -0.4 is 11.1 Å². The van der Waals surface area contributed by atoms with Crippen LogP contribution in [0.3, 0.4) is 0 Å². The SMILES string of the molecule is CCNC(=O)CCN1CC(N)CCC1=O. The number of carbonyl (C=O) groups excluding carboxylic acids is 2. The molecule has 1 aliphatic heterocycles. The Morgan fingerprint density at radius 1 is 1.67 bits per heavy atom. The van der Waals surface area contributed by atoms with Gasteiger partial charge in [0, 0.05) is 38.5 Å². The largest absolute Gasteiger partial charge is 0.356 e. The second kappa shape index (κ2) is 5.70. The highest BCUT2D eigenvalue weighted by atomic mass is 16.2. The molecule has 0 aliphatic carbocycles. The molecule has 5 heteroatoms. The van der Waals surface area contributed by atoms with Crippen molar-refractivity contribution in [2.75, 3.05) is 19.6 Å². The molecule has 1 aliphatic rings. The Morgan fingerprint density at radius 3 is 3.07 bits per heavy atom. The van der Waals surface area contributed by atoms with Gasteiger partial charge in [0.05, 0.1) is 0 Å². The van der Waals surface area contributed by atoms with E-state index >= 15 is 0 Å².